The van der Waals surface area contributed by atoms with Crippen molar-refractivity contribution in [1.82, 2.24) is 34.2 Å². The number of nitrogens with one attached hydrogen (secondary N) is 2. The van der Waals surface area contributed by atoms with Gasteiger partial charge in [0.2, 0.25) is 5.95 Å². The van der Waals surface area contributed by atoms with Gasteiger partial charge in [0.15, 0.2) is 0 Å². The standard InChI is InChI=1S/C24H23F2N9/c1-33-6-8-34(9-7-33)21-10-16(4-5-27-21)31-24-30-12-18-17(11-29-23(18)32-24)15-2-3-20-28-13-19(22(25)26)35(20)14-15/h2-5,10-14,22H,6-9H2,1H3,(H2,27,29,30,31,32). The van der Waals surface area contributed by atoms with Crippen molar-refractivity contribution >= 4 is 34.1 Å². The van der Waals surface area contributed by atoms with E-state index in [1.54, 1.807) is 30.9 Å². The minimum Gasteiger partial charge on any atom is -0.354 e. The molecule has 5 aromatic heterocycles. The number of rotatable bonds is 5. The summed E-state index contributed by atoms with van der Waals surface area (Å²) in [4.78, 5) is 25.4. The van der Waals surface area contributed by atoms with Crippen molar-refractivity contribution in [1.29, 1.82) is 0 Å². The third-order valence-corrected chi connectivity index (χ3v) is 6.33. The number of hydrogen-bond donors (Lipinski definition) is 2. The predicted molar refractivity (Wildman–Crippen MR) is 130 cm³/mol. The second-order valence-corrected chi connectivity index (χ2v) is 8.61. The van der Waals surface area contributed by atoms with E-state index in [4.69, 9.17) is 0 Å². The number of H-pyrrole nitrogens is 1. The summed E-state index contributed by atoms with van der Waals surface area (Å²) in [7, 11) is 2.12. The summed E-state index contributed by atoms with van der Waals surface area (Å²) < 4.78 is 28.1. The fourth-order valence-electron chi connectivity index (χ4n) is 4.36. The van der Waals surface area contributed by atoms with Crippen LogP contribution in [0.5, 0.6) is 0 Å². The Morgan fingerprint density at radius 1 is 1.03 bits per heavy atom. The van der Waals surface area contributed by atoms with Crippen molar-refractivity contribution in [3.63, 3.8) is 0 Å². The summed E-state index contributed by atoms with van der Waals surface area (Å²) in [6.07, 6.45) is 5.57. The van der Waals surface area contributed by atoms with Crippen LogP contribution in [0.1, 0.15) is 12.1 Å². The molecule has 0 unspecified atom stereocenters. The molecule has 1 fully saturated rings. The van der Waals surface area contributed by atoms with Gasteiger partial charge in [-0.05, 0) is 25.2 Å². The number of imidazole rings is 1. The first-order valence-corrected chi connectivity index (χ1v) is 11.3. The van der Waals surface area contributed by atoms with Gasteiger partial charge in [-0.1, -0.05) is 0 Å². The lowest BCUT2D eigenvalue weighted by Gasteiger charge is -2.33. The maximum atomic E-state index is 13.3. The number of anilines is 3. The van der Waals surface area contributed by atoms with Crippen LogP contribution in [-0.4, -0.2) is 67.4 Å². The van der Waals surface area contributed by atoms with Crippen LogP contribution in [0, 0.1) is 0 Å². The average molecular weight is 476 g/mol. The number of piperazine rings is 1. The first-order chi connectivity index (χ1) is 17.0. The minimum atomic E-state index is -2.61. The van der Waals surface area contributed by atoms with E-state index in [0.717, 1.165) is 54.2 Å². The summed E-state index contributed by atoms with van der Waals surface area (Å²) in [6.45, 7) is 3.88. The van der Waals surface area contributed by atoms with Gasteiger partial charge < -0.3 is 20.1 Å². The normalized spacial score (nSPS) is 14.9. The zero-order valence-electron chi connectivity index (χ0n) is 19.0. The Balaban J connectivity index is 1.26. The van der Waals surface area contributed by atoms with E-state index in [1.807, 2.05) is 18.2 Å². The number of halogens is 2. The van der Waals surface area contributed by atoms with Crippen LogP contribution in [0.25, 0.3) is 27.8 Å². The van der Waals surface area contributed by atoms with E-state index < -0.39 is 6.43 Å². The lowest BCUT2D eigenvalue weighted by atomic mass is 10.1. The van der Waals surface area contributed by atoms with Crippen LogP contribution in [0.15, 0.2) is 55.2 Å². The maximum absolute atomic E-state index is 13.3. The number of hydrogen-bond acceptors (Lipinski definition) is 7. The molecule has 0 radical (unpaired) electrons. The Morgan fingerprint density at radius 2 is 1.89 bits per heavy atom. The molecule has 0 bridgehead atoms. The van der Waals surface area contributed by atoms with Crippen molar-refractivity contribution in [2.45, 2.75) is 6.43 Å². The molecule has 0 aliphatic carbocycles. The molecule has 0 amide bonds. The topological polar surface area (TPSA) is 90.3 Å². The van der Waals surface area contributed by atoms with Crippen molar-refractivity contribution in [2.75, 3.05) is 43.4 Å². The summed E-state index contributed by atoms with van der Waals surface area (Å²) in [5.74, 6) is 1.37. The third kappa shape index (κ3) is 4.03. The van der Waals surface area contributed by atoms with Crippen LogP contribution < -0.4 is 10.2 Å². The zero-order chi connectivity index (χ0) is 23.9. The summed E-state index contributed by atoms with van der Waals surface area (Å²) in [5, 5.41) is 4.05. The number of nitrogens with zero attached hydrogens (tertiary/aromatic N) is 7. The smallest absolute Gasteiger partial charge is 0.280 e. The molecular formula is C24H23F2N9. The highest BCUT2D eigenvalue weighted by molar-refractivity contribution is 5.93. The highest BCUT2D eigenvalue weighted by atomic mass is 19.3. The number of aromatic nitrogens is 6. The highest BCUT2D eigenvalue weighted by Gasteiger charge is 2.17. The van der Waals surface area contributed by atoms with Crippen LogP contribution in [0.3, 0.4) is 0 Å². The molecule has 0 saturated carbocycles. The van der Waals surface area contributed by atoms with Crippen LogP contribution in [-0.2, 0) is 0 Å². The highest BCUT2D eigenvalue weighted by Crippen LogP contribution is 2.30. The number of likely N-dealkylation sites (N-methyl/N-ethyl adjacent to an activating group) is 1. The van der Waals surface area contributed by atoms with Gasteiger partial charge in [-0.25, -0.2) is 23.7 Å². The SMILES string of the molecule is CN1CCN(c2cc(Nc3ncc4c(-c5ccc6ncc(C(F)F)n6c5)c[nH]c4n3)ccn2)CC1. The predicted octanol–water partition coefficient (Wildman–Crippen LogP) is 4.10. The summed E-state index contributed by atoms with van der Waals surface area (Å²) >= 11 is 0. The van der Waals surface area contributed by atoms with Gasteiger partial charge in [-0.15, -0.1) is 0 Å². The molecule has 1 aliphatic rings. The summed E-state index contributed by atoms with van der Waals surface area (Å²) in [6, 6.07) is 7.45. The second-order valence-electron chi connectivity index (χ2n) is 8.61. The van der Waals surface area contributed by atoms with Crippen molar-refractivity contribution in [2.24, 2.45) is 0 Å². The Labute approximate surface area is 199 Å². The van der Waals surface area contributed by atoms with Crippen molar-refractivity contribution < 1.29 is 8.78 Å². The fourth-order valence-corrected chi connectivity index (χ4v) is 4.36. The van der Waals surface area contributed by atoms with Crippen LogP contribution in [0.2, 0.25) is 0 Å². The molecule has 0 aromatic carbocycles. The zero-order valence-corrected chi connectivity index (χ0v) is 19.0. The van der Waals surface area contributed by atoms with Gasteiger partial charge in [0.25, 0.3) is 6.43 Å². The van der Waals surface area contributed by atoms with E-state index in [1.165, 1.54) is 10.6 Å². The molecule has 9 nitrogen and oxygen atoms in total. The summed E-state index contributed by atoms with van der Waals surface area (Å²) in [5.41, 5.74) is 3.41. The van der Waals surface area contributed by atoms with Crippen LogP contribution >= 0.6 is 0 Å². The third-order valence-electron chi connectivity index (χ3n) is 6.33. The molecule has 11 heteroatoms. The molecule has 35 heavy (non-hydrogen) atoms. The minimum absolute atomic E-state index is 0.141. The first kappa shape index (κ1) is 21.4. The van der Waals surface area contributed by atoms with E-state index in [-0.39, 0.29) is 5.69 Å². The molecule has 0 spiro atoms. The van der Waals surface area contributed by atoms with Crippen LogP contribution in [0.4, 0.5) is 26.2 Å². The molecule has 1 aliphatic heterocycles. The molecule has 6 heterocycles. The molecule has 0 atom stereocenters. The maximum Gasteiger partial charge on any atom is 0.280 e. The average Bonchev–Trinajstić information content (AvgIpc) is 3.48. The van der Waals surface area contributed by atoms with Crippen molar-refractivity contribution in [3.8, 4) is 11.1 Å². The molecule has 178 valence electrons. The van der Waals surface area contributed by atoms with Crippen molar-refractivity contribution in [3.05, 3.63) is 60.9 Å². The second kappa shape index (κ2) is 8.58. The lowest BCUT2D eigenvalue weighted by Crippen LogP contribution is -2.44. The van der Waals surface area contributed by atoms with Gasteiger partial charge in [0.05, 0.1) is 6.20 Å². The molecular weight excluding hydrogens is 452 g/mol. The Bertz CT molecular complexity index is 1500. The Morgan fingerprint density at radius 3 is 2.71 bits per heavy atom. The molecule has 2 N–H and O–H groups in total. The number of pyridine rings is 2. The molecule has 1 saturated heterocycles. The Kier molecular flexibility index (Phi) is 5.25. The van der Waals surface area contributed by atoms with E-state index in [2.05, 4.69) is 47.1 Å². The number of fused-ring (bicyclic) bond motifs is 2. The van der Waals surface area contributed by atoms with E-state index in [0.29, 0.717) is 17.2 Å². The van der Waals surface area contributed by atoms with Gasteiger partial charge in [-0.3, -0.25) is 4.40 Å². The monoisotopic (exact) mass is 475 g/mol. The Hall–Kier alpha value is -4.12. The van der Waals surface area contributed by atoms with E-state index in [9.17, 15) is 8.78 Å². The van der Waals surface area contributed by atoms with Gasteiger partial charge in [0.1, 0.15) is 22.8 Å². The molecule has 5 aromatic rings. The first-order valence-electron chi connectivity index (χ1n) is 11.3. The van der Waals surface area contributed by atoms with Gasteiger partial charge in [-0.2, -0.15) is 4.98 Å². The number of alkyl halides is 2. The van der Waals surface area contributed by atoms with E-state index >= 15 is 0 Å². The van der Waals surface area contributed by atoms with Gasteiger partial charge >= 0.3 is 0 Å². The quantitative estimate of drug-likeness (QED) is 0.396. The molecule has 6 rings (SSSR count). The van der Waals surface area contributed by atoms with Gasteiger partial charge in [0, 0.05) is 79.2 Å². The largest absolute Gasteiger partial charge is 0.354 e. The lowest BCUT2D eigenvalue weighted by molar-refractivity contribution is 0.145. The number of aromatic amines is 1. The fraction of sp³-hybridized carbons (Fsp3) is 0.250.